The summed E-state index contributed by atoms with van der Waals surface area (Å²) in [7, 11) is 2.29. The van der Waals surface area contributed by atoms with E-state index in [9.17, 15) is 0 Å². The SMILES string of the molecule is CN1CCCN=CC2C=CC=C(CCCCCCCCCCCCCCCCCCCCCCCCCCCCCCCCCCCCCCCCCCCCCCCCCCCCCCCCCCCCCCCCCCCCCCCCCCCCCCCCCCCCCCCCCCCCCCCCCCCCCCCCCCCCCCCCCCCCN2)CNCCC1. The molecule has 0 amide bonds. The second kappa shape index (κ2) is 119. The fraction of sp³-hybridized carbons (Fsp3) is 0.962. The molecule has 0 aliphatic carbocycles. The van der Waals surface area contributed by atoms with Gasteiger partial charge in [-0.3, -0.25) is 4.99 Å². The van der Waals surface area contributed by atoms with E-state index >= 15 is 0 Å². The smallest absolute Gasteiger partial charge is 0.0609 e. The van der Waals surface area contributed by atoms with Crippen LogP contribution in [0.15, 0.2) is 28.8 Å². The van der Waals surface area contributed by atoms with Gasteiger partial charge < -0.3 is 15.5 Å². The van der Waals surface area contributed by atoms with Crippen molar-refractivity contribution in [3.8, 4) is 0 Å². The molecule has 1 unspecified atom stereocenters. The van der Waals surface area contributed by atoms with E-state index in [4.69, 9.17) is 4.99 Å². The molecule has 1 atom stereocenters. The van der Waals surface area contributed by atoms with E-state index < -0.39 is 0 Å². The Morgan fingerprint density at radius 1 is 0.187 bits per heavy atom. The van der Waals surface area contributed by atoms with Gasteiger partial charge in [-0.2, -0.15) is 0 Å². The average Bonchev–Trinajstić information content (AvgIpc) is 0.959. The molecule has 0 saturated carbocycles. The van der Waals surface area contributed by atoms with Crippen LogP contribution in [0.3, 0.4) is 0 Å². The Morgan fingerprint density at radius 3 is 0.522 bits per heavy atom. The molecular weight excluding hydrogens is 1620 g/mol. The highest BCUT2D eigenvalue weighted by Crippen LogP contribution is 2.26. The summed E-state index contributed by atoms with van der Waals surface area (Å²) >= 11 is 0. The summed E-state index contributed by atoms with van der Waals surface area (Å²) in [6.07, 6.45) is 182. The van der Waals surface area contributed by atoms with Crippen LogP contribution in [-0.4, -0.2) is 63.5 Å². The Hall–Kier alpha value is -0.970. The van der Waals surface area contributed by atoms with Gasteiger partial charge in [-0.1, -0.05) is 743 Å². The summed E-state index contributed by atoms with van der Waals surface area (Å²) < 4.78 is 0. The lowest BCUT2D eigenvalue weighted by molar-refractivity contribution is 0.325. The Labute approximate surface area is 848 Å². The van der Waals surface area contributed by atoms with Crippen molar-refractivity contribution in [3.63, 3.8) is 0 Å². The lowest BCUT2D eigenvalue weighted by atomic mass is 10.0. The van der Waals surface area contributed by atoms with E-state index in [1.54, 1.807) is 5.57 Å². The van der Waals surface area contributed by atoms with Crippen LogP contribution in [0.4, 0.5) is 0 Å². The van der Waals surface area contributed by atoms with Gasteiger partial charge in [-0.05, 0) is 65.3 Å². The monoisotopic (exact) mass is 1870 g/mol. The summed E-state index contributed by atoms with van der Waals surface area (Å²) in [6, 6.07) is 0.222. The number of hydrogen-bond donors (Lipinski definition) is 2. The Bertz CT molecular complexity index is 2090. The number of allylic oxidation sites excluding steroid dienone is 2. The predicted molar refractivity (Wildman–Crippen MR) is 613 cm³/mol. The molecule has 2 N–H and O–H groups in total. The van der Waals surface area contributed by atoms with Gasteiger partial charge in [-0.15, -0.1) is 0 Å². The van der Waals surface area contributed by atoms with Gasteiger partial charge >= 0.3 is 0 Å². The van der Waals surface area contributed by atoms with Gasteiger partial charge in [0.2, 0.25) is 0 Å². The Kier molecular flexibility index (Phi) is 115. The van der Waals surface area contributed by atoms with Crippen molar-refractivity contribution in [1.82, 2.24) is 15.5 Å². The summed E-state index contributed by atoms with van der Waals surface area (Å²) in [5.41, 5.74) is 1.57. The first-order chi connectivity index (χ1) is 66.8. The van der Waals surface area contributed by atoms with E-state index in [-0.39, 0.29) is 6.04 Å². The fourth-order valence-electron chi connectivity index (χ4n) is 22.7. The molecule has 2 aliphatic heterocycles. The van der Waals surface area contributed by atoms with Gasteiger partial charge in [0.15, 0.2) is 0 Å². The maximum absolute atomic E-state index is 4.94. The molecule has 4 heteroatoms. The number of nitrogens with one attached hydrogen (secondary N) is 2. The zero-order chi connectivity index (χ0) is 94.7. The molecule has 0 fully saturated rings. The van der Waals surface area contributed by atoms with Crippen LogP contribution in [0.5, 0.6) is 0 Å². The second-order valence-electron chi connectivity index (χ2n) is 46.0. The van der Waals surface area contributed by atoms with Crippen LogP contribution in [0, 0.1) is 0 Å². The summed E-state index contributed by atoms with van der Waals surface area (Å²) in [4.78, 5) is 7.44. The van der Waals surface area contributed by atoms with Crippen LogP contribution in [0.2, 0.25) is 0 Å². The molecule has 2 bridgehead atoms. The molecule has 2 heterocycles. The minimum Gasteiger partial charge on any atom is -0.313 e. The second-order valence-corrected chi connectivity index (χ2v) is 46.0. The van der Waals surface area contributed by atoms with Gasteiger partial charge in [0.1, 0.15) is 0 Å². The van der Waals surface area contributed by atoms with Gasteiger partial charge in [-0.25, -0.2) is 0 Å². The highest BCUT2D eigenvalue weighted by molar-refractivity contribution is 5.67. The maximum atomic E-state index is 4.94. The van der Waals surface area contributed by atoms with Gasteiger partial charge in [0.25, 0.3) is 0 Å². The van der Waals surface area contributed by atoms with Crippen molar-refractivity contribution in [3.05, 3.63) is 23.8 Å². The molecule has 0 aromatic rings. The number of fused-ring (bicyclic) bond motifs is 2. The molecule has 134 heavy (non-hydrogen) atoms. The van der Waals surface area contributed by atoms with Crippen molar-refractivity contribution in [1.29, 1.82) is 0 Å². The van der Waals surface area contributed by atoms with E-state index in [0.29, 0.717) is 0 Å². The lowest BCUT2D eigenvalue weighted by Gasteiger charge is -2.17. The molecule has 0 aromatic carbocycles. The molecule has 0 aromatic heterocycles. The number of hydrogen-bond acceptors (Lipinski definition) is 4. The normalized spacial score (nSPS) is 24.5. The standard InChI is InChI=1S/C130H256N4/c1-134-125-117-122-131-127-129-119-114-112-110-108-106-104-102-100-98-96-94-92-90-88-86-84-82-80-78-76-74-72-70-68-66-64-62-60-58-56-54-52-50-48-46-44-42-40-38-36-34-32-30-28-26-24-22-20-18-16-14-12-10-8-6-4-2-3-5-7-9-11-13-15-17-19-21-23-25-27-29-31-33-35-37-39-41-43-45-47-49-51-53-55-57-59-61-63-65-67-69-71-73-75-77-79-81-83-85-87-89-91-93-95-97-99-101-103-105-107-109-111-113-115-124-133-130(121-116-120-129)128-132-123-118-126-134/h116,120-121,128,130-131,133H,2-115,117-119,122-127H2,1H3. The first-order valence-corrected chi connectivity index (χ1v) is 64.8. The Morgan fingerprint density at radius 2 is 0.343 bits per heavy atom. The molecule has 0 radical (unpaired) electrons. The third-order valence-corrected chi connectivity index (χ3v) is 32.3. The third-order valence-electron chi connectivity index (χ3n) is 32.3. The summed E-state index contributed by atoms with van der Waals surface area (Å²) in [5.74, 6) is 0. The molecule has 2 rings (SSSR count). The zero-order valence-corrected chi connectivity index (χ0v) is 93.3. The van der Waals surface area contributed by atoms with Crippen LogP contribution in [0.25, 0.3) is 0 Å². The van der Waals surface area contributed by atoms with Crippen LogP contribution in [-0.2, 0) is 0 Å². The topological polar surface area (TPSA) is 39.7 Å². The van der Waals surface area contributed by atoms with E-state index in [2.05, 4.69) is 47.0 Å². The van der Waals surface area contributed by atoms with Crippen LogP contribution >= 0.6 is 0 Å². The number of aliphatic imine (C=N–C) groups is 1. The van der Waals surface area contributed by atoms with E-state index in [1.165, 1.54) is 751 Å². The highest BCUT2D eigenvalue weighted by Gasteiger charge is 2.10. The average molecular weight is 1880 g/mol. The van der Waals surface area contributed by atoms with Crippen molar-refractivity contribution in [2.45, 2.75) is 757 Å². The highest BCUT2D eigenvalue weighted by atomic mass is 15.1. The minimum absolute atomic E-state index is 0.222. The zero-order valence-electron chi connectivity index (χ0n) is 93.3. The van der Waals surface area contributed by atoms with Gasteiger partial charge in [0.05, 0.1) is 6.04 Å². The summed E-state index contributed by atoms with van der Waals surface area (Å²) in [5, 5.41) is 7.69. The van der Waals surface area contributed by atoms with Crippen molar-refractivity contribution < 1.29 is 0 Å². The number of nitrogens with zero attached hydrogens (tertiary/aromatic N) is 2. The third kappa shape index (κ3) is 111. The maximum Gasteiger partial charge on any atom is 0.0609 e. The molecule has 0 saturated heterocycles. The molecule has 2 aliphatic rings. The van der Waals surface area contributed by atoms with Crippen LogP contribution < -0.4 is 10.6 Å². The lowest BCUT2D eigenvalue weighted by Crippen LogP contribution is -2.30. The predicted octanol–water partition coefficient (Wildman–Crippen LogP) is 45.7. The first kappa shape index (κ1) is 129. The van der Waals surface area contributed by atoms with Gasteiger partial charge in [0, 0.05) is 19.3 Å². The van der Waals surface area contributed by atoms with Crippen LogP contribution in [0.1, 0.15) is 751 Å². The fourth-order valence-corrected chi connectivity index (χ4v) is 22.7. The van der Waals surface area contributed by atoms with E-state index in [1.807, 2.05) is 0 Å². The van der Waals surface area contributed by atoms with Crippen molar-refractivity contribution in [2.75, 3.05) is 46.3 Å². The largest absolute Gasteiger partial charge is 0.313 e. The number of rotatable bonds is 0. The van der Waals surface area contributed by atoms with E-state index in [0.717, 1.165) is 39.1 Å². The molecule has 4 nitrogen and oxygen atoms in total. The minimum atomic E-state index is 0.222. The van der Waals surface area contributed by atoms with Crippen molar-refractivity contribution in [2.24, 2.45) is 4.99 Å². The molecule has 0 spiro atoms. The molecule has 796 valence electrons. The quantitative estimate of drug-likeness (QED) is 0.254. The van der Waals surface area contributed by atoms with Crippen molar-refractivity contribution >= 4 is 6.21 Å². The summed E-state index contributed by atoms with van der Waals surface area (Å²) in [6.45, 7) is 6.45. The first-order valence-electron chi connectivity index (χ1n) is 64.8. The Balaban J connectivity index is 1.49. The molecular formula is C130H256N4.